The van der Waals surface area contributed by atoms with Crippen LogP contribution in [-0.4, -0.2) is 43.5 Å². The largest absolute Gasteiger partial charge is 0.377 e. The van der Waals surface area contributed by atoms with Crippen LogP contribution in [0.25, 0.3) is 0 Å². The molecule has 1 aromatic carbocycles. The van der Waals surface area contributed by atoms with Crippen LogP contribution in [0.1, 0.15) is 46.1 Å². The van der Waals surface area contributed by atoms with Gasteiger partial charge in [-0.3, -0.25) is 4.79 Å². The smallest absolute Gasteiger partial charge is 0.319 e. The van der Waals surface area contributed by atoms with Gasteiger partial charge < -0.3 is 20.4 Å². The lowest BCUT2D eigenvalue weighted by Gasteiger charge is -2.26. The summed E-state index contributed by atoms with van der Waals surface area (Å²) in [5.74, 6) is 0.141. The standard InChI is InChI=1S/C19H32N4O2/c1-7-11-23(18(24)8-2)13-15-12-16(9-10-17(15)22(5)6)21-19(25)20-14(3)4/h9-10,12,14H,7-8,11,13H2,1-6H3,(H2,20,21,25). The van der Waals surface area contributed by atoms with Crippen LogP contribution in [0.4, 0.5) is 16.2 Å². The third-order valence-corrected chi connectivity index (χ3v) is 3.75. The van der Waals surface area contributed by atoms with E-state index in [1.165, 1.54) is 0 Å². The summed E-state index contributed by atoms with van der Waals surface area (Å²) in [5, 5.41) is 5.67. The molecule has 0 radical (unpaired) electrons. The fraction of sp³-hybridized carbons (Fsp3) is 0.579. The van der Waals surface area contributed by atoms with Gasteiger partial charge in [-0.15, -0.1) is 0 Å². The Labute approximate surface area is 151 Å². The maximum absolute atomic E-state index is 12.2. The Kier molecular flexibility index (Phi) is 8.25. The molecule has 2 N–H and O–H groups in total. The van der Waals surface area contributed by atoms with Gasteiger partial charge in [0.25, 0.3) is 0 Å². The average Bonchev–Trinajstić information content (AvgIpc) is 2.52. The molecule has 25 heavy (non-hydrogen) atoms. The Morgan fingerprint density at radius 1 is 1.16 bits per heavy atom. The Bertz CT molecular complexity index is 585. The number of amides is 3. The number of carbonyl (C=O) groups excluding carboxylic acids is 2. The van der Waals surface area contributed by atoms with Gasteiger partial charge >= 0.3 is 6.03 Å². The number of hydrogen-bond donors (Lipinski definition) is 2. The van der Waals surface area contributed by atoms with Crippen LogP contribution in [0.5, 0.6) is 0 Å². The van der Waals surface area contributed by atoms with Gasteiger partial charge in [0.2, 0.25) is 5.91 Å². The highest BCUT2D eigenvalue weighted by Crippen LogP contribution is 2.25. The van der Waals surface area contributed by atoms with Crippen molar-refractivity contribution in [3.8, 4) is 0 Å². The van der Waals surface area contributed by atoms with Crippen LogP contribution in [0.3, 0.4) is 0 Å². The van der Waals surface area contributed by atoms with Gasteiger partial charge in [-0.05, 0) is 44.0 Å². The summed E-state index contributed by atoms with van der Waals surface area (Å²) in [6, 6.07) is 5.64. The molecular formula is C19H32N4O2. The highest BCUT2D eigenvalue weighted by molar-refractivity contribution is 5.90. The van der Waals surface area contributed by atoms with Crippen LogP contribution in [0.15, 0.2) is 18.2 Å². The molecule has 1 rings (SSSR count). The molecule has 0 unspecified atom stereocenters. The molecule has 6 heteroatoms. The number of anilines is 2. The van der Waals surface area contributed by atoms with Crippen molar-refractivity contribution < 1.29 is 9.59 Å². The molecule has 0 atom stereocenters. The van der Waals surface area contributed by atoms with Crippen LogP contribution in [0, 0.1) is 0 Å². The van der Waals surface area contributed by atoms with E-state index in [4.69, 9.17) is 0 Å². The van der Waals surface area contributed by atoms with Gasteiger partial charge in [0, 0.05) is 51.0 Å². The second-order valence-electron chi connectivity index (χ2n) is 6.66. The van der Waals surface area contributed by atoms with Gasteiger partial charge in [-0.1, -0.05) is 13.8 Å². The summed E-state index contributed by atoms with van der Waals surface area (Å²) in [6.07, 6.45) is 1.41. The Morgan fingerprint density at radius 2 is 1.84 bits per heavy atom. The van der Waals surface area contributed by atoms with E-state index in [2.05, 4.69) is 17.6 Å². The molecule has 140 valence electrons. The summed E-state index contributed by atoms with van der Waals surface area (Å²) in [5.41, 5.74) is 2.78. The molecule has 6 nitrogen and oxygen atoms in total. The second-order valence-corrected chi connectivity index (χ2v) is 6.66. The molecule has 0 aromatic heterocycles. The molecule has 0 heterocycles. The van der Waals surface area contributed by atoms with Crippen LogP contribution in [-0.2, 0) is 11.3 Å². The predicted octanol–water partition coefficient (Wildman–Crippen LogP) is 3.43. The minimum Gasteiger partial charge on any atom is -0.377 e. The maximum Gasteiger partial charge on any atom is 0.319 e. The molecule has 0 fully saturated rings. The number of nitrogens with zero attached hydrogens (tertiary/aromatic N) is 2. The summed E-state index contributed by atoms with van der Waals surface area (Å²) < 4.78 is 0. The van der Waals surface area contributed by atoms with Gasteiger partial charge in [-0.25, -0.2) is 4.79 Å². The van der Waals surface area contributed by atoms with Crippen LogP contribution >= 0.6 is 0 Å². The van der Waals surface area contributed by atoms with Crippen molar-refractivity contribution in [2.45, 2.75) is 53.1 Å². The van der Waals surface area contributed by atoms with E-state index in [9.17, 15) is 9.59 Å². The molecule has 0 spiro atoms. The Balaban J connectivity index is 3.06. The molecule has 0 saturated heterocycles. The lowest BCUT2D eigenvalue weighted by Crippen LogP contribution is -2.34. The number of hydrogen-bond acceptors (Lipinski definition) is 3. The third-order valence-electron chi connectivity index (χ3n) is 3.75. The second kappa shape index (κ2) is 9.91. The van der Waals surface area contributed by atoms with E-state index in [0.717, 1.165) is 29.9 Å². The lowest BCUT2D eigenvalue weighted by molar-refractivity contribution is -0.131. The van der Waals surface area contributed by atoms with E-state index in [0.29, 0.717) is 13.0 Å². The number of urea groups is 1. The van der Waals surface area contributed by atoms with E-state index in [-0.39, 0.29) is 18.0 Å². The zero-order valence-corrected chi connectivity index (χ0v) is 16.3. The highest BCUT2D eigenvalue weighted by Gasteiger charge is 2.15. The highest BCUT2D eigenvalue weighted by atomic mass is 16.2. The molecule has 0 aliphatic carbocycles. The molecular weight excluding hydrogens is 316 g/mol. The quantitative estimate of drug-likeness (QED) is 0.756. The fourth-order valence-electron chi connectivity index (χ4n) is 2.65. The van der Waals surface area contributed by atoms with Crippen molar-refractivity contribution in [1.82, 2.24) is 10.2 Å². The summed E-state index contributed by atoms with van der Waals surface area (Å²) >= 11 is 0. The summed E-state index contributed by atoms with van der Waals surface area (Å²) in [4.78, 5) is 28.0. The van der Waals surface area contributed by atoms with Gasteiger partial charge in [0.05, 0.1) is 0 Å². The first-order valence-corrected chi connectivity index (χ1v) is 8.94. The van der Waals surface area contributed by atoms with Crippen LogP contribution < -0.4 is 15.5 Å². The minimum absolute atomic E-state index is 0.0720. The van der Waals surface area contributed by atoms with Crippen molar-refractivity contribution in [2.24, 2.45) is 0 Å². The van der Waals surface area contributed by atoms with Gasteiger partial charge in [0.15, 0.2) is 0 Å². The minimum atomic E-state index is -0.228. The van der Waals surface area contributed by atoms with E-state index in [1.54, 1.807) is 0 Å². The maximum atomic E-state index is 12.2. The topological polar surface area (TPSA) is 64.7 Å². The monoisotopic (exact) mass is 348 g/mol. The normalized spacial score (nSPS) is 10.5. The van der Waals surface area contributed by atoms with Crippen LogP contribution in [0.2, 0.25) is 0 Å². The first-order valence-electron chi connectivity index (χ1n) is 8.94. The molecule has 3 amide bonds. The molecule has 0 aliphatic heterocycles. The van der Waals surface area contributed by atoms with E-state index < -0.39 is 0 Å². The van der Waals surface area contributed by atoms with Crippen molar-refractivity contribution >= 4 is 23.3 Å². The summed E-state index contributed by atoms with van der Waals surface area (Å²) in [6.45, 7) is 9.04. The number of carbonyl (C=O) groups is 2. The molecule has 0 bridgehead atoms. The zero-order valence-electron chi connectivity index (χ0n) is 16.3. The number of benzene rings is 1. The van der Waals surface area contributed by atoms with Crippen molar-refractivity contribution in [2.75, 3.05) is 30.9 Å². The van der Waals surface area contributed by atoms with E-state index >= 15 is 0 Å². The molecule has 1 aromatic rings. The Hall–Kier alpha value is -2.24. The zero-order chi connectivity index (χ0) is 19.0. The molecule has 0 aliphatic rings. The van der Waals surface area contributed by atoms with Gasteiger partial charge in [0.1, 0.15) is 0 Å². The van der Waals surface area contributed by atoms with Crippen molar-refractivity contribution in [3.63, 3.8) is 0 Å². The van der Waals surface area contributed by atoms with E-state index in [1.807, 2.05) is 62.9 Å². The Morgan fingerprint density at radius 3 is 2.36 bits per heavy atom. The summed E-state index contributed by atoms with van der Waals surface area (Å²) in [7, 11) is 3.95. The third kappa shape index (κ3) is 6.64. The fourth-order valence-corrected chi connectivity index (χ4v) is 2.65. The average molecular weight is 348 g/mol. The SMILES string of the molecule is CCCN(Cc1cc(NC(=O)NC(C)C)ccc1N(C)C)C(=O)CC. The lowest BCUT2D eigenvalue weighted by atomic mass is 10.1. The predicted molar refractivity (Wildman–Crippen MR) is 104 cm³/mol. The number of nitrogens with one attached hydrogen (secondary N) is 2. The number of rotatable bonds is 8. The van der Waals surface area contributed by atoms with Crippen molar-refractivity contribution in [3.05, 3.63) is 23.8 Å². The first kappa shape index (κ1) is 20.8. The van der Waals surface area contributed by atoms with Gasteiger partial charge in [-0.2, -0.15) is 0 Å². The molecule has 0 saturated carbocycles. The first-order chi connectivity index (χ1) is 11.8. The van der Waals surface area contributed by atoms with Crippen molar-refractivity contribution in [1.29, 1.82) is 0 Å².